The normalized spacial score (nSPS) is 13.4. The highest BCUT2D eigenvalue weighted by atomic mass is 19.4. The van der Waals surface area contributed by atoms with Gasteiger partial charge >= 0.3 is 6.18 Å². The summed E-state index contributed by atoms with van der Waals surface area (Å²) in [5, 5.41) is 10.2. The van der Waals surface area contributed by atoms with Crippen molar-refractivity contribution in [1.29, 1.82) is 0 Å². The second-order valence-corrected chi connectivity index (χ2v) is 4.93. The third-order valence-electron chi connectivity index (χ3n) is 3.26. The van der Waals surface area contributed by atoms with E-state index in [1.165, 1.54) is 12.1 Å². The first-order valence-corrected chi connectivity index (χ1v) is 6.76. The van der Waals surface area contributed by atoms with Crippen LogP contribution >= 0.6 is 0 Å². The molecule has 1 N–H and O–H groups in total. The minimum atomic E-state index is -4.34. The van der Waals surface area contributed by atoms with E-state index in [4.69, 9.17) is 0 Å². The molecule has 0 bridgehead atoms. The third-order valence-corrected chi connectivity index (χ3v) is 3.26. The van der Waals surface area contributed by atoms with Crippen LogP contribution in [0.3, 0.4) is 0 Å². The maximum Gasteiger partial charge on any atom is 0.416 e. The quantitative estimate of drug-likeness (QED) is 0.916. The molecule has 1 atom stereocenters. The molecule has 2 aromatic rings. The van der Waals surface area contributed by atoms with Crippen molar-refractivity contribution in [2.45, 2.75) is 38.6 Å². The van der Waals surface area contributed by atoms with Crippen molar-refractivity contribution >= 4 is 0 Å². The predicted molar refractivity (Wildman–Crippen MR) is 72.6 cm³/mol. The van der Waals surface area contributed by atoms with E-state index in [0.717, 1.165) is 25.1 Å². The molecule has 1 heterocycles. The Hall–Kier alpha value is -1.82. The van der Waals surface area contributed by atoms with E-state index >= 15 is 0 Å². The van der Waals surface area contributed by atoms with E-state index in [0.29, 0.717) is 11.3 Å². The van der Waals surface area contributed by atoms with E-state index in [1.54, 1.807) is 12.5 Å². The molecule has 0 saturated carbocycles. The summed E-state index contributed by atoms with van der Waals surface area (Å²) < 4.78 is 39.3. The van der Waals surface area contributed by atoms with Gasteiger partial charge in [0.2, 0.25) is 0 Å². The number of rotatable bonds is 5. The standard InChI is InChI=1S/C15H17F3N2O/c1-2-7-20-10-19-9-13(20)14(21)8-11-3-5-12(6-4-11)15(16,17)18/h3-6,9-10,14,21H,2,7-8H2,1H3. The molecule has 0 aliphatic carbocycles. The molecule has 0 amide bonds. The maximum absolute atomic E-state index is 12.5. The smallest absolute Gasteiger partial charge is 0.386 e. The third kappa shape index (κ3) is 3.85. The molecular weight excluding hydrogens is 281 g/mol. The number of aliphatic hydroxyl groups is 1. The fourth-order valence-electron chi connectivity index (χ4n) is 2.19. The highest BCUT2D eigenvalue weighted by Gasteiger charge is 2.30. The summed E-state index contributed by atoms with van der Waals surface area (Å²) in [6.45, 7) is 2.77. The van der Waals surface area contributed by atoms with E-state index in [2.05, 4.69) is 4.98 Å². The van der Waals surface area contributed by atoms with Gasteiger partial charge in [0.15, 0.2) is 0 Å². The van der Waals surface area contributed by atoms with E-state index in [9.17, 15) is 18.3 Å². The molecule has 2 rings (SSSR count). The van der Waals surface area contributed by atoms with Gasteiger partial charge in [-0.25, -0.2) is 4.98 Å². The average Bonchev–Trinajstić information content (AvgIpc) is 2.87. The fraction of sp³-hybridized carbons (Fsp3) is 0.400. The van der Waals surface area contributed by atoms with Crippen LogP contribution in [0.1, 0.15) is 36.3 Å². The van der Waals surface area contributed by atoms with Gasteiger partial charge in [0.1, 0.15) is 0 Å². The van der Waals surface area contributed by atoms with Crippen LogP contribution in [0.4, 0.5) is 13.2 Å². The van der Waals surface area contributed by atoms with Gasteiger partial charge in [-0.05, 0) is 24.1 Å². The second kappa shape index (κ2) is 6.30. The van der Waals surface area contributed by atoms with Gasteiger partial charge in [-0.3, -0.25) is 0 Å². The van der Waals surface area contributed by atoms with Crippen molar-refractivity contribution in [2.24, 2.45) is 0 Å². The van der Waals surface area contributed by atoms with Crippen LogP contribution in [-0.4, -0.2) is 14.7 Å². The number of benzene rings is 1. The molecule has 1 aromatic heterocycles. The molecule has 0 fully saturated rings. The van der Waals surface area contributed by atoms with Gasteiger partial charge in [0, 0.05) is 13.0 Å². The second-order valence-electron chi connectivity index (χ2n) is 4.93. The van der Waals surface area contributed by atoms with Crippen LogP contribution in [0.25, 0.3) is 0 Å². The number of imidazole rings is 1. The molecule has 0 radical (unpaired) electrons. The first-order valence-electron chi connectivity index (χ1n) is 6.76. The Morgan fingerprint density at radius 2 is 1.90 bits per heavy atom. The molecule has 0 aliphatic heterocycles. The molecule has 1 aromatic carbocycles. The monoisotopic (exact) mass is 298 g/mol. The van der Waals surface area contributed by atoms with Crippen LogP contribution < -0.4 is 0 Å². The summed E-state index contributed by atoms with van der Waals surface area (Å²) in [6.07, 6.45) is -0.712. The van der Waals surface area contributed by atoms with Crippen molar-refractivity contribution < 1.29 is 18.3 Å². The number of aliphatic hydroxyl groups excluding tert-OH is 1. The van der Waals surface area contributed by atoms with E-state index in [1.807, 2.05) is 11.5 Å². The minimum Gasteiger partial charge on any atom is -0.386 e. The lowest BCUT2D eigenvalue weighted by Crippen LogP contribution is -2.10. The lowest BCUT2D eigenvalue weighted by Gasteiger charge is -2.14. The lowest BCUT2D eigenvalue weighted by molar-refractivity contribution is -0.137. The van der Waals surface area contributed by atoms with Crippen molar-refractivity contribution in [1.82, 2.24) is 9.55 Å². The molecule has 0 aliphatic rings. The topological polar surface area (TPSA) is 38.0 Å². The van der Waals surface area contributed by atoms with Gasteiger partial charge in [-0.1, -0.05) is 19.1 Å². The summed E-state index contributed by atoms with van der Waals surface area (Å²) in [7, 11) is 0. The van der Waals surface area contributed by atoms with Gasteiger partial charge in [-0.2, -0.15) is 13.2 Å². The maximum atomic E-state index is 12.5. The van der Waals surface area contributed by atoms with Gasteiger partial charge < -0.3 is 9.67 Å². The predicted octanol–water partition coefficient (Wildman–Crippen LogP) is 3.59. The summed E-state index contributed by atoms with van der Waals surface area (Å²) in [5.74, 6) is 0. The van der Waals surface area contributed by atoms with Crippen LogP contribution in [0, 0.1) is 0 Å². The number of halogens is 3. The Labute approximate surface area is 121 Å². The summed E-state index contributed by atoms with van der Waals surface area (Å²) in [6, 6.07) is 4.86. The van der Waals surface area contributed by atoms with Gasteiger partial charge in [-0.15, -0.1) is 0 Å². The Balaban J connectivity index is 2.09. The molecule has 6 heteroatoms. The molecule has 0 spiro atoms. The highest BCUT2D eigenvalue weighted by Crippen LogP contribution is 2.29. The Kier molecular flexibility index (Phi) is 4.67. The van der Waals surface area contributed by atoms with Crippen molar-refractivity contribution in [3.63, 3.8) is 0 Å². The van der Waals surface area contributed by atoms with E-state index < -0.39 is 17.8 Å². The Morgan fingerprint density at radius 1 is 1.24 bits per heavy atom. The van der Waals surface area contributed by atoms with Crippen molar-refractivity contribution in [2.75, 3.05) is 0 Å². The Morgan fingerprint density at radius 3 is 2.48 bits per heavy atom. The molecule has 1 unspecified atom stereocenters. The highest BCUT2D eigenvalue weighted by molar-refractivity contribution is 5.25. The molecule has 0 saturated heterocycles. The Bertz CT molecular complexity index is 575. The number of aromatic nitrogens is 2. The summed E-state index contributed by atoms with van der Waals surface area (Å²) in [4.78, 5) is 4.00. The molecule has 21 heavy (non-hydrogen) atoms. The number of hydrogen-bond acceptors (Lipinski definition) is 2. The number of aryl methyl sites for hydroxylation is 1. The number of nitrogens with zero attached hydrogens (tertiary/aromatic N) is 2. The number of hydrogen-bond donors (Lipinski definition) is 1. The molecular formula is C15H17F3N2O. The van der Waals surface area contributed by atoms with Crippen LogP contribution in [0.5, 0.6) is 0 Å². The van der Waals surface area contributed by atoms with Crippen molar-refractivity contribution in [3.8, 4) is 0 Å². The first kappa shape index (κ1) is 15.6. The zero-order chi connectivity index (χ0) is 15.5. The average molecular weight is 298 g/mol. The van der Waals surface area contributed by atoms with Crippen LogP contribution in [-0.2, 0) is 19.1 Å². The van der Waals surface area contributed by atoms with Crippen LogP contribution in [0.2, 0.25) is 0 Å². The lowest BCUT2D eigenvalue weighted by atomic mass is 10.0. The fourth-order valence-corrected chi connectivity index (χ4v) is 2.19. The summed E-state index contributed by atoms with van der Waals surface area (Å²) in [5.41, 5.74) is 0.647. The minimum absolute atomic E-state index is 0.257. The van der Waals surface area contributed by atoms with Gasteiger partial charge in [0.25, 0.3) is 0 Å². The van der Waals surface area contributed by atoms with Crippen molar-refractivity contribution in [3.05, 3.63) is 53.6 Å². The first-order chi connectivity index (χ1) is 9.91. The summed E-state index contributed by atoms with van der Waals surface area (Å²) >= 11 is 0. The van der Waals surface area contributed by atoms with Crippen LogP contribution in [0.15, 0.2) is 36.8 Å². The SMILES string of the molecule is CCCn1cncc1C(O)Cc1ccc(C(F)(F)F)cc1. The van der Waals surface area contributed by atoms with E-state index in [-0.39, 0.29) is 6.42 Å². The zero-order valence-corrected chi connectivity index (χ0v) is 11.6. The molecule has 114 valence electrons. The largest absolute Gasteiger partial charge is 0.416 e. The number of alkyl halides is 3. The van der Waals surface area contributed by atoms with Gasteiger partial charge in [0.05, 0.1) is 29.9 Å². The molecule has 3 nitrogen and oxygen atoms in total. The zero-order valence-electron chi connectivity index (χ0n) is 11.6.